The van der Waals surface area contributed by atoms with E-state index in [1.54, 1.807) is 6.20 Å². The third kappa shape index (κ3) is 4.59. The van der Waals surface area contributed by atoms with Crippen LogP contribution in [0.2, 0.25) is 0 Å². The largest absolute Gasteiger partial charge is 0.475 e. The van der Waals surface area contributed by atoms with Crippen molar-refractivity contribution in [3.05, 3.63) is 23.9 Å². The van der Waals surface area contributed by atoms with E-state index in [1.807, 2.05) is 32.9 Å². The van der Waals surface area contributed by atoms with Gasteiger partial charge >= 0.3 is 0 Å². The van der Waals surface area contributed by atoms with E-state index in [9.17, 15) is 0 Å². The van der Waals surface area contributed by atoms with Gasteiger partial charge in [-0.25, -0.2) is 4.98 Å². The molecule has 0 aliphatic heterocycles. The highest BCUT2D eigenvalue weighted by molar-refractivity contribution is 5.24. The maximum atomic E-state index is 5.57. The fourth-order valence-electron chi connectivity index (χ4n) is 1.20. The highest BCUT2D eigenvalue weighted by atomic mass is 16.5. The summed E-state index contributed by atoms with van der Waals surface area (Å²) in [4.78, 5) is 4.13. The van der Waals surface area contributed by atoms with E-state index in [-0.39, 0.29) is 5.60 Å². The maximum Gasteiger partial charge on any atom is 0.217 e. The predicted molar refractivity (Wildman–Crippen MR) is 63.3 cm³/mol. The standard InChI is InChI=1S/C12H20N2O2/c1-12(2,3)16-8-7-15-11-10(9-13)5-4-6-14-11/h4-6H,7-9,13H2,1-3H3. The lowest BCUT2D eigenvalue weighted by atomic mass is 10.2. The lowest BCUT2D eigenvalue weighted by Crippen LogP contribution is -2.22. The van der Waals surface area contributed by atoms with Crippen molar-refractivity contribution in [1.82, 2.24) is 4.98 Å². The van der Waals surface area contributed by atoms with Crippen LogP contribution in [0, 0.1) is 0 Å². The molecule has 0 spiro atoms. The molecule has 1 aromatic heterocycles. The summed E-state index contributed by atoms with van der Waals surface area (Å²) in [7, 11) is 0. The van der Waals surface area contributed by atoms with E-state index in [0.717, 1.165) is 5.56 Å². The average molecular weight is 224 g/mol. The third-order valence-electron chi connectivity index (χ3n) is 1.93. The number of pyridine rings is 1. The van der Waals surface area contributed by atoms with Crippen LogP contribution in [0.4, 0.5) is 0 Å². The Morgan fingerprint density at radius 1 is 1.31 bits per heavy atom. The van der Waals surface area contributed by atoms with Crippen LogP contribution in [-0.4, -0.2) is 23.8 Å². The molecule has 1 rings (SSSR count). The molecule has 1 aromatic rings. The Kier molecular flexibility index (Phi) is 4.71. The van der Waals surface area contributed by atoms with Crippen LogP contribution in [0.3, 0.4) is 0 Å². The SMILES string of the molecule is CC(C)(C)OCCOc1ncccc1CN. The lowest BCUT2D eigenvalue weighted by molar-refractivity contribution is -0.0169. The molecule has 0 aliphatic carbocycles. The molecule has 0 atom stereocenters. The molecule has 0 bridgehead atoms. The molecular weight excluding hydrogens is 204 g/mol. The van der Waals surface area contributed by atoms with Gasteiger partial charge in [0.15, 0.2) is 0 Å². The second-order valence-electron chi connectivity index (χ2n) is 4.48. The molecule has 0 radical (unpaired) electrons. The molecule has 0 saturated heterocycles. The van der Waals surface area contributed by atoms with Crippen LogP contribution in [0.25, 0.3) is 0 Å². The minimum absolute atomic E-state index is 0.135. The molecule has 0 saturated carbocycles. The minimum Gasteiger partial charge on any atom is -0.475 e. The van der Waals surface area contributed by atoms with E-state index < -0.39 is 0 Å². The summed E-state index contributed by atoms with van der Waals surface area (Å²) in [5, 5.41) is 0. The van der Waals surface area contributed by atoms with Crippen molar-refractivity contribution in [2.75, 3.05) is 13.2 Å². The van der Waals surface area contributed by atoms with Gasteiger partial charge in [-0.3, -0.25) is 0 Å². The zero-order valence-corrected chi connectivity index (χ0v) is 10.2. The summed E-state index contributed by atoms with van der Waals surface area (Å²) in [6.45, 7) is 7.51. The number of rotatable bonds is 5. The number of nitrogens with zero attached hydrogens (tertiary/aromatic N) is 1. The Hall–Kier alpha value is -1.13. The summed E-state index contributed by atoms with van der Waals surface area (Å²) in [5.74, 6) is 0.600. The van der Waals surface area contributed by atoms with E-state index >= 15 is 0 Å². The Balaban J connectivity index is 2.37. The molecule has 0 unspecified atom stereocenters. The van der Waals surface area contributed by atoms with E-state index in [2.05, 4.69) is 4.98 Å². The van der Waals surface area contributed by atoms with Gasteiger partial charge in [-0.1, -0.05) is 6.07 Å². The zero-order chi connectivity index (χ0) is 12.0. The summed E-state index contributed by atoms with van der Waals surface area (Å²) in [6.07, 6.45) is 1.69. The minimum atomic E-state index is -0.135. The van der Waals surface area contributed by atoms with Crippen molar-refractivity contribution in [3.63, 3.8) is 0 Å². The normalized spacial score (nSPS) is 11.5. The fraction of sp³-hybridized carbons (Fsp3) is 0.583. The van der Waals surface area contributed by atoms with Gasteiger partial charge in [-0.05, 0) is 26.8 Å². The van der Waals surface area contributed by atoms with Gasteiger partial charge < -0.3 is 15.2 Å². The Labute approximate surface area is 96.8 Å². The van der Waals surface area contributed by atoms with Crippen molar-refractivity contribution >= 4 is 0 Å². The fourth-order valence-corrected chi connectivity index (χ4v) is 1.20. The van der Waals surface area contributed by atoms with Crippen LogP contribution in [0.1, 0.15) is 26.3 Å². The molecule has 2 N–H and O–H groups in total. The zero-order valence-electron chi connectivity index (χ0n) is 10.2. The summed E-state index contributed by atoms with van der Waals surface area (Å²) < 4.78 is 11.0. The van der Waals surface area contributed by atoms with Crippen molar-refractivity contribution in [2.45, 2.75) is 32.9 Å². The predicted octanol–water partition coefficient (Wildman–Crippen LogP) is 1.73. The van der Waals surface area contributed by atoms with E-state index in [1.165, 1.54) is 0 Å². The van der Waals surface area contributed by atoms with Gasteiger partial charge in [0, 0.05) is 18.3 Å². The van der Waals surface area contributed by atoms with Crippen LogP contribution in [0.5, 0.6) is 5.88 Å². The highest BCUT2D eigenvalue weighted by Crippen LogP contribution is 2.13. The third-order valence-corrected chi connectivity index (χ3v) is 1.93. The summed E-state index contributed by atoms with van der Waals surface area (Å²) in [6, 6.07) is 3.76. The molecule has 90 valence electrons. The van der Waals surface area contributed by atoms with Crippen molar-refractivity contribution in [2.24, 2.45) is 5.73 Å². The molecule has 0 aliphatic rings. The quantitative estimate of drug-likeness (QED) is 0.774. The van der Waals surface area contributed by atoms with Crippen LogP contribution >= 0.6 is 0 Å². The summed E-state index contributed by atoms with van der Waals surface area (Å²) in [5.41, 5.74) is 6.35. The molecule has 1 heterocycles. The first kappa shape index (κ1) is 12.9. The second-order valence-corrected chi connectivity index (χ2v) is 4.48. The lowest BCUT2D eigenvalue weighted by Gasteiger charge is -2.19. The maximum absolute atomic E-state index is 5.57. The first-order chi connectivity index (χ1) is 7.53. The van der Waals surface area contributed by atoms with E-state index in [4.69, 9.17) is 15.2 Å². The number of aromatic nitrogens is 1. The monoisotopic (exact) mass is 224 g/mol. The Morgan fingerprint density at radius 2 is 2.06 bits per heavy atom. The smallest absolute Gasteiger partial charge is 0.217 e. The Bertz CT molecular complexity index is 321. The second kappa shape index (κ2) is 5.82. The van der Waals surface area contributed by atoms with Crippen LogP contribution < -0.4 is 10.5 Å². The molecule has 16 heavy (non-hydrogen) atoms. The van der Waals surface area contributed by atoms with Crippen molar-refractivity contribution < 1.29 is 9.47 Å². The van der Waals surface area contributed by atoms with Crippen LogP contribution in [0.15, 0.2) is 18.3 Å². The topological polar surface area (TPSA) is 57.4 Å². The number of nitrogens with two attached hydrogens (primary N) is 1. The van der Waals surface area contributed by atoms with Gasteiger partial charge in [0.1, 0.15) is 6.61 Å². The molecule has 4 nitrogen and oxygen atoms in total. The van der Waals surface area contributed by atoms with E-state index in [0.29, 0.717) is 25.6 Å². The first-order valence-corrected chi connectivity index (χ1v) is 5.43. The summed E-state index contributed by atoms with van der Waals surface area (Å²) >= 11 is 0. The molecule has 0 aromatic carbocycles. The van der Waals surface area contributed by atoms with Gasteiger partial charge in [-0.2, -0.15) is 0 Å². The first-order valence-electron chi connectivity index (χ1n) is 5.43. The van der Waals surface area contributed by atoms with Gasteiger partial charge in [0.2, 0.25) is 5.88 Å². The van der Waals surface area contributed by atoms with Crippen LogP contribution in [-0.2, 0) is 11.3 Å². The number of hydrogen-bond donors (Lipinski definition) is 1. The molecule has 0 fully saturated rings. The van der Waals surface area contributed by atoms with Gasteiger partial charge in [-0.15, -0.1) is 0 Å². The average Bonchev–Trinajstić information content (AvgIpc) is 2.23. The Morgan fingerprint density at radius 3 is 2.69 bits per heavy atom. The van der Waals surface area contributed by atoms with Crippen molar-refractivity contribution in [1.29, 1.82) is 0 Å². The van der Waals surface area contributed by atoms with Gasteiger partial charge in [0.25, 0.3) is 0 Å². The molecule has 0 amide bonds. The number of ether oxygens (including phenoxy) is 2. The molecular formula is C12H20N2O2. The van der Waals surface area contributed by atoms with Gasteiger partial charge in [0.05, 0.1) is 12.2 Å². The number of hydrogen-bond acceptors (Lipinski definition) is 4. The molecule has 4 heteroatoms. The van der Waals surface area contributed by atoms with Crippen molar-refractivity contribution in [3.8, 4) is 5.88 Å². The highest BCUT2D eigenvalue weighted by Gasteiger charge is 2.09.